The lowest BCUT2D eigenvalue weighted by atomic mass is 9.97. The first-order valence-corrected chi connectivity index (χ1v) is 13.0. The van der Waals surface area contributed by atoms with Crippen LogP contribution in [0.5, 0.6) is 0 Å². The molecular weight excluding hydrogens is 436 g/mol. The Labute approximate surface area is 198 Å². The fourth-order valence-electron chi connectivity index (χ4n) is 4.31. The van der Waals surface area contributed by atoms with Crippen LogP contribution in [-0.2, 0) is 19.0 Å². The molecule has 178 valence electrons. The number of ether oxygens (including phenoxy) is 3. The zero-order valence-corrected chi connectivity index (χ0v) is 20.7. The minimum Gasteiger partial charge on any atom is -0.492 e. The summed E-state index contributed by atoms with van der Waals surface area (Å²) in [6.07, 6.45) is 2.55. The van der Waals surface area contributed by atoms with E-state index in [-0.39, 0.29) is 12.6 Å². The van der Waals surface area contributed by atoms with Gasteiger partial charge in [0.1, 0.15) is 5.92 Å². The molecule has 1 aliphatic rings. The van der Waals surface area contributed by atoms with Crippen LogP contribution >= 0.6 is 10.0 Å². The Morgan fingerprint density at radius 2 is 1.64 bits per heavy atom. The zero-order valence-electron chi connectivity index (χ0n) is 19.9. The molecule has 2 unspecified atom stereocenters. The van der Waals surface area contributed by atoms with Crippen molar-refractivity contribution in [2.24, 2.45) is 0 Å². The second-order valence-corrected chi connectivity index (χ2v) is 11.2. The molecule has 6 heteroatoms. The smallest absolute Gasteiger partial charge is 0.318 e. The molecule has 0 radical (unpaired) electrons. The van der Waals surface area contributed by atoms with Crippen LogP contribution in [0, 0.1) is 6.92 Å². The Hall–Kier alpha value is -2.70. The van der Waals surface area contributed by atoms with E-state index in [1.165, 1.54) is 12.7 Å². The van der Waals surface area contributed by atoms with Crippen molar-refractivity contribution in [3.8, 4) is 0 Å². The van der Waals surface area contributed by atoms with Gasteiger partial charge in [-0.05, 0) is 48.1 Å². The van der Waals surface area contributed by atoms with Crippen molar-refractivity contribution in [1.29, 1.82) is 0 Å². The Bertz CT molecular complexity index is 997. The number of carbonyl (C=O) groups is 1. The predicted octanol–water partition coefficient (Wildman–Crippen LogP) is 5.64. The molecule has 0 spiro atoms. The SMILES string of the molecule is COC(=O)C(C1=C(OC)C(OC)=CS1(CCCCCO)c1ccc(C)cc1)c1ccccc1. The van der Waals surface area contributed by atoms with Crippen LogP contribution in [0.15, 0.2) is 81.3 Å². The third-order valence-electron chi connectivity index (χ3n) is 5.97. The lowest BCUT2D eigenvalue weighted by Gasteiger charge is -2.40. The molecule has 0 aromatic heterocycles. The molecule has 3 rings (SSSR count). The van der Waals surface area contributed by atoms with Crippen LogP contribution in [0.3, 0.4) is 0 Å². The van der Waals surface area contributed by atoms with Crippen molar-refractivity contribution < 1.29 is 24.1 Å². The Balaban J connectivity index is 2.27. The van der Waals surface area contributed by atoms with Gasteiger partial charge in [0.2, 0.25) is 0 Å². The van der Waals surface area contributed by atoms with Crippen LogP contribution in [-0.4, -0.2) is 44.8 Å². The van der Waals surface area contributed by atoms with Crippen molar-refractivity contribution >= 4 is 16.0 Å². The maximum Gasteiger partial charge on any atom is 0.318 e. The van der Waals surface area contributed by atoms with Crippen LogP contribution in [0.1, 0.15) is 36.3 Å². The first-order valence-electron chi connectivity index (χ1n) is 11.2. The summed E-state index contributed by atoms with van der Waals surface area (Å²) in [7, 11) is 2.86. The third kappa shape index (κ3) is 5.12. The van der Waals surface area contributed by atoms with Crippen LogP contribution in [0.2, 0.25) is 0 Å². The van der Waals surface area contributed by atoms with Gasteiger partial charge in [-0.1, -0.05) is 54.4 Å². The molecule has 0 saturated carbocycles. The molecule has 0 saturated heterocycles. The zero-order chi connectivity index (χ0) is 23.8. The molecule has 5 nitrogen and oxygen atoms in total. The number of benzene rings is 2. The molecule has 1 heterocycles. The van der Waals surface area contributed by atoms with Crippen molar-refractivity contribution in [3.63, 3.8) is 0 Å². The number of esters is 1. The topological polar surface area (TPSA) is 65.0 Å². The largest absolute Gasteiger partial charge is 0.492 e. The minimum absolute atomic E-state index is 0.173. The highest BCUT2D eigenvalue weighted by Crippen LogP contribution is 2.72. The molecule has 0 fully saturated rings. The third-order valence-corrected chi connectivity index (χ3v) is 9.84. The maximum atomic E-state index is 13.3. The highest BCUT2D eigenvalue weighted by molar-refractivity contribution is 8.39. The fraction of sp³-hybridized carbons (Fsp3) is 0.370. The quantitative estimate of drug-likeness (QED) is 0.340. The average Bonchev–Trinajstić information content (AvgIpc) is 3.17. The van der Waals surface area contributed by atoms with E-state index in [0.717, 1.165) is 40.4 Å². The summed E-state index contributed by atoms with van der Waals surface area (Å²) < 4.78 is 17.0. The Morgan fingerprint density at radius 3 is 2.21 bits per heavy atom. The summed E-state index contributed by atoms with van der Waals surface area (Å²) in [6.45, 7) is 2.24. The Kier molecular flexibility index (Phi) is 8.64. The van der Waals surface area contributed by atoms with E-state index >= 15 is 0 Å². The summed E-state index contributed by atoms with van der Waals surface area (Å²) in [5, 5.41) is 11.5. The maximum absolute atomic E-state index is 13.3. The first kappa shape index (κ1) is 24.9. The number of methoxy groups -OCH3 is 3. The van der Waals surface area contributed by atoms with Crippen LogP contribution in [0.25, 0.3) is 0 Å². The lowest BCUT2D eigenvalue weighted by Crippen LogP contribution is -2.21. The number of aliphatic hydroxyl groups is 1. The van der Waals surface area contributed by atoms with E-state index in [1.807, 2.05) is 30.3 Å². The summed E-state index contributed by atoms with van der Waals surface area (Å²) in [5.74, 6) is 1.13. The van der Waals surface area contributed by atoms with Gasteiger partial charge in [0.15, 0.2) is 11.5 Å². The van der Waals surface area contributed by atoms with E-state index in [2.05, 4.69) is 36.6 Å². The van der Waals surface area contributed by atoms with Crippen LogP contribution < -0.4 is 0 Å². The molecule has 2 aromatic rings. The van der Waals surface area contributed by atoms with Crippen molar-refractivity contribution in [3.05, 3.63) is 87.6 Å². The number of hydrogen-bond acceptors (Lipinski definition) is 5. The lowest BCUT2D eigenvalue weighted by molar-refractivity contribution is -0.141. The van der Waals surface area contributed by atoms with Gasteiger partial charge in [-0.25, -0.2) is 0 Å². The molecule has 2 atom stereocenters. The van der Waals surface area contributed by atoms with Crippen molar-refractivity contribution in [2.45, 2.75) is 37.0 Å². The van der Waals surface area contributed by atoms with Gasteiger partial charge in [-0.15, -0.1) is 0 Å². The average molecular weight is 471 g/mol. The van der Waals surface area contributed by atoms with Gasteiger partial charge < -0.3 is 19.3 Å². The van der Waals surface area contributed by atoms with Gasteiger partial charge in [-0.2, -0.15) is 10.0 Å². The monoisotopic (exact) mass is 470 g/mol. The van der Waals surface area contributed by atoms with E-state index < -0.39 is 15.9 Å². The molecule has 1 aliphatic heterocycles. The molecular formula is C27H34O5S. The number of hydrogen-bond donors (Lipinski definition) is 1. The number of rotatable bonds is 11. The number of aryl methyl sites for hydroxylation is 1. The molecule has 33 heavy (non-hydrogen) atoms. The number of carbonyl (C=O) groups excluding carboxylic acids is 1. The van der Waals surface area contributed by atoms with Gasteiger partial charge in [0.25, 0.3) is 0 Å². The van der Waals surface area contributed by atoms with E-state index in [1.54, 1.807) is 14.2 Å². The van der Waals surface area contributed by atoms with Gasteiger partial charge >= 0.3 is 5.97 Å². The fourth-order valence-corrected chi connectivity index (χ4v) is 8.42. The highest BCUT2D eigenvalue weighted by Gasteiger charge is 2.46. The summed E-state index contributed by atoms with van der Waals surface area (Å²) in [4.78, 5) is 15.4. The second-order valence-electron chi connectivity index (χ2n) is 8.05. The summed E-state index contributed by atoms with van der Waals surface area (Å²) >= 11 is 0. The number of unbranched alkanes of at least 4 members (excludes halogenated alkanes) is 2. The summed E-state index contributed by atoms with van der Waals surface area (Å²) in [6, 6.07) is 18.2. The molecule has 0 aliphatic carbocycles. The molecule has 1 N–H and O–H groups in total. The van der Waals surface area contributed by atoms with Crippen molar-refractivity contribution in [2.75, 3.05) is 33.7 Å². The van der Waals surface area contributed by atoms with Crippen molar-refractivity contribution in [1.82, 2.24) is 0 Å². The Morgan fingerprint density at radius 1 is 0.939 bits per heavy atom. The van der Waals surface area contributed by atoms with E-state index in [4.69, 9.17) is 14.2 Å². The van der Waals surface area contributed by atoms with E-state index in [0.29, 0.717) is 11.5 Å². The van der Waals surface area contributed by atoms with E-state index in [9.17, 15) is 9.90 Å². The number of aliphatic hydroxyl groups excluding tert-OH is 1. The van der Waals surface area contributed by atoms with Gasteiger partial charge in [0, 0.05) is 16.9 Å². The van der Waals surface area contributed by atoms with Gasteiger partial charge in [-0.3, -0.25) is 4.79 Å². The predicted molar refractivity (Wildman–Crippen MR) is 133 cm³/mol. The minimum atomic E-state index is -1.82. The second kappa shape index (κ2) is 11.4. The molecule has 0 amide bonds. The molecule has 0 bridgehead atoms. The summed E-state index contributed by atoms with van der Waals surface area (Å²) in [5.41, 5.74) is 2.03. The molecule has 2 aromatic carbocycles. The first-order chi connectivity index (χ1) is 16.0. The highest BCUT2D eigenvalue weighted by atomic mass is 32.3. The van der Waals surface area contributed by atoms with Gasteiger partial charge in [0.05, 0.1) is 21.3 Å². The normalized spacial score (nSPS) is 20.6. The van der Waals surface area contributed by atoms with Crippen LogP contribution in [0.4, 0.5) is 0 Å². The standard InChI is InChI=1S/C27H34O5S/c1-20-13-15-22(16-14-20)33(18-10-6-9-17-28)19-23(30-2)25(31-3)26(33)24(27(29)32-4)21-11-7-5-8-12-21/h5,7-8,11-16,19,24,28H,6,9-10,17-18H2,1-4H3.